The zero-order valence-electron chi connectivity index (χ0n) is 15.8. The number of hydrogen-bond donors (Lipinski definition) is 1. The van der Waals surface area contributed by atoms with Crippen molar-refractivity contribution >= 4 is 23.1 Å². The minimum atomic E-state index is -3.03. The lowest BCUT2D eigenvalue weighted by Crippen LogP contribution is -2.35. The summed E-state index contributed by atoms with van der Waals surface area (Å²) in [6.07, 6.45) is 4.43. The van der Waals surface area contributed by atoms with E-state index in [1.54, 1.807) is 30.3 Å². The first kappa shape index (κ1) is 20.4. The third kappa shape index (κ3) is 4.39. The number of carbonyl (C=O) groups excluding carboxylic acids is 1. The lowest BCUT2D eigenvalue weighted by atomic mass is 9.99. The number of halogens is 2. The minimum Gasteiger partial charge on any atom is -0.477 e. The van der Waals surface area contributed by atoms with Gasteiger partial charge in [-0.3, -0.25) is 9.78 Å². The number of alkyl halides is 2. The first-order chi connectivity index (χ1) is 13.8. The maximum Gasteiger partial charge on any atom is 0.341 e. The lowest BCUT2D eigenvalue weighted by molar-refractivity contribution is -0.134. The Morgan fingerprint density at radius 3 is 2.52 bits per heavy atom. The molecule has 2 heterocycles. The van der Waals surface area contributed by atoms with Crippen molar-refractivity contribution in [3.63, 3.8) is 0 Å². The summed E-state index contributed by atoms with van der Waals surface area (Å²) >= 11 is 0. The summed E-state index contributed by atoms with van der Waals surface area (Å²) in [4.78, 5) is 29.9. The van der Waals surface area contributed by atoms with Crippen molar-refractivity contribution in [1.29, 1.82) is 0 Å². The number of carbonyl (C=O) groups is 2. The van der Waals surface area contributed by atoms with E-state index >= 15 is 0 Å². The Bertz CT molecular complexity index is 967. The molecular weight excluding hydrogens is 378 g/mol. The van der Waals surface area contributed by atoms with Gasteiger partial charge in [0.1, 0.15) is 11.3 Å². The van der Waals surface area contributed by atoms with E-state index in [2.05, 4.69) is 4.98 Å². The van der Waals surface area contributed by atoms with Gasteiger partial charge in [-0.15, -0.1) is 0 Å². The van der Waals surface area contributed by atoms with Crippen LogP contribution in [0.3, 0.4) is 0 Å². The van der Waals surface area contributed by atoms with Crippen molar-refractivity contribution in [3.05, 3.63) is 77.6 Å². The Morgan fingerprint density at radius 2 is 1.93 bits per heavy atom. The number of rotatable bonds is 5. The summed E-state index contributed by atoms with van der Waals surface area (Å²) in [5, 5.41) is 9.58. The van der Waals surface area contributed by atoms with Gasteiger partial charge in [-0.05, 0) is 41.8 Å². The van der Waals surface area contributed by atoms with Gasteiger partial charge in [0.25, 0.3) is 11.8 Å². The van der Waals surface area contributed by atoms with E-state index in [-0.39, 0.29) is 18.7 Å². The minimum absolute atomic E-state index is 0.288. The molecular formula is C22H20F2N2O3. The van der Waals surface area contributed by atoms with Crippen LogP contribution < -0.4 is 4.90 Å². The number of anilines is 1. The van der Waals surface area contributed by atoms with Gasteiger partial charge in [0.05, 0.1) is 0 Å². The summed E-state index contributed by atoms with van der Waals surface area (Å²) < 4.78 is 27.6. The average Bonchev–Trinajstić information content (AvgIpc) is 2.72. The first-order valence-corrected chi connectivity index (χ1v) is 9.20. The van der Waals surface area contributed by atoms with Crippen LogP contribution in [-0.2, 0) is 15.5 Å². The number of carboxylic acids is 1. The number of amides is 1. The molecule has 0 saturated carbocycles. The van der Waals surface area contributed by atoms with Gasteiger partial charge in [0, 0.05) is 24.8 Å². The van der Waals surface area contributed by atoms with Gasteiger partial charge in [0.15, 0.2) is 0 Å². The number of para-hydroxylation sites is 1. The van der Waals surface area contributed by atoms with E-state index in [0.717, 1.165) is 0 Å². The highest BCUT2D eigenvalue weighted by molar-refractivity contribution is 6.22. The molecule has 0 spiro atoms. The SMILES string of the molecule is CCC(F)(F)c1ccc(C2=CCCN(c3ccccc3)C(=O)C(C(=O)O)=C2)cn1. The number of hydrogen-bond acceptors (Lipinski definition) is 3. The van der Waals surface area contributed by atoms with Crippen LogP contribution in [0.4, 0.5) is 14.5 Å². The fourth-order valence-electron chi connectivity index (χ4n) is 3.04. The summed E-state index contributed by atoms with van der Waals surface area (Å²) in [5.74, 6) is -5.01. The van der Waals surface area contributed by atoms with Crippen molar-refractivity contribution in [2.75, 3.05) is 11.4 Å². The number of aromatic nitrogens is 1. The molecule has 0 bridgehead atoms. The molecule has 7 heteroatoms. The van der Waals surface area contributed by atoms with Crippen molar-refractivity contribution in [3.8, 4) is 0 Å². The van der Waals surface area contributed by atoms with Crippen LogP contribution in [0.15, 0.2) is 66.4 Å². The highest BCUT2D eigenvalue weighted by Crippen LogP contribution is 2.31. The molecule has 1 amide bonds. The molecule has 1 aromatic carbocycles. The van der Waals surface area contributed by atoms with E-state index < -0.39 is 23.4 Å². The maximum absolute atomic E-state index is 13.8. The third-order valence-corrected chi connectivity index (χ3v) is 4.71. The molecule has 1 N–H and O–H groups in total. The van der Waals surface area contributed by atoms with Crippen molar-refractivity contribution in [2.24, 2.45) is 0 Å². The van der Waals surface area contributed by atoms with Crippen molar-refractivity contribution in [2.45, 2.75) is 25.7 Å². The van der Waals surface area contributed by atoms with Gasteiger partial charge in [-0.2, -0.15) is 8.78 Å². The first-order valence-electron chi connectivity index (χ1n) is 9.20. The van der Waals surface area contributed by atoms with Gasteiger partial charge in [0.2, 0.25) is 0 Å². The second-order valence-electron chi connectivity index (χ2n) is 6.59. The summed E-state index contributed by atoms with van der Waals surface area (Å²) in [5.41, 5.74) is 0.795. The number of aliphatic carboxylic acids is 1. The third-order valence-electron chi connectivity index (χ3n) is 4.71. The highest BCUT2D eigenvalue weighted by atomic mass is 19.3. The standard InChI is InChI=1S/C22H20F2N2O3/c1-2-22(23,24)19-11-10-16(14-25-19)15-7-6-12-26(17-8-4-3-5-9-17)20(27)18(13-15)21(28)29/h3-5,7-11,13-14H,2,6,12H2,1H3,(H,28,29). The van der Waals surface area contributed by atoms with Crippen LogP contribution in [0.25, 0.3) is 5.57 Å². The predicted octanol–water partition coefficient (Wildman–Crippen LogP) is 4.41. The molecule has 1 aliphatic heterocycles. The van der Waals surface area contributed by atoms with Crippen LogP contribution >= 0.6 is 0 Å². The molecule has 3 rings (SSSR count). The Hall–Kier alpha value is -3.35. The van der Waals surface area contributed by atoms with Crippen LogP contribution in [0.5, 0.6) is 0 Å². The van der Waals surface area contributed by atoms with E-state index in [9.17, 15) is 23.5 Å². The normalized spacial score (nSPS) is 15.3. The van der Waals surface area contributed by atoms with Crippen molar-refractivity contribution < 1.29 is 23.5 Å². The molecule has 0 unspecified atom stereocenters. The molecule has 0 radical (unpaired) electrons. The Morgan fingerprint density at radius 1 is 1.21 bits per heavy atom. The maximum atomic E-state index is 13.8. The Balaban J connectivity index is 1.96. The smallest absolute Gasteiger partial charge is 0.341 e. The zero-order chi connectivity index (χ0) is 21.0. The molecule has 0 saturated heterocycles. The molecule has 1 aliphatic rings. The second kappa shape index (κ2) is 8.34. The fourth-order valence-corrected chi connectivity index (χ4v) is 3.04. The molecule has 0 fully saturated rings. The molecule has 2 aromatic rings. The molecule has 0 atom stereocenters. The largest absolute Gasteiger partial charge is 0.477 e. The van der Waals surface area contributed by atoms with E-state index in [0.29, 0.717) is 23.2 Å². The lowest BCUT2D eigenvalue weighted by Gasteiger charge is -2.24. The molecule has 29 heavy (non-hydrogen) atoms. The van der Waals surface area contributed by atoms with Crippen LogP contribution in [-0.4, -0.2) is 28.5 Å². The summed E-state index contributed by atoms with van der Waals surface area (Å²) in [6, 6.07) is 11.5. The second-order valence-corrected chi connectivity index (χ2v) is 6.59. The monoisotopic (exact) mass is 398 g/mol. The van der Waals surface area contributed by atoms with Crippen LogP contribution in [0.1, 0.15) is 31.0 Å². The van der Waals surface area contributed by atoms with Gasteiger partial charge < -0.3 is 10.0 Å². The van der Waals surface area contributed by atoms with Crippen LogP contribution in [0.2, 0.25) is 0 Å². The molecule has 1 aromatic heterocycles. The predicted molar refractivity (Wildman–Crippen MR) is 106 cm³/mol. The number of benzene rings is 1. The molecule has 150 valence electrons. The fraction of sp³-hybridized carbons (Fsp3) is 0.227. The van der Waals surface area contributed by atoms with E-state index in [1.807, 2.05) is 6.07 Å². The highest BCUT2D eigenvalue weighted by Gasteiger charge is 2.31. The summed E-state index contributed by atoms with van der Waals surface area (Å²) in [6.45, 7) is 1.66. The van der Waals surface area contributed by atoms with Gasteiger partial charge in [-0.25, -0.2) is 4.79 Å². The quantitative estimate of drug-likeness (QED) is 0.757. The zero-order valence-corrected chi connectivity index (χ0v) is 15.8. The number of pyridine rings is 1. The number of carboxylic acid groups (broad SMARTS) is 1. The number of nitrogens with zero attached hydrogens (tertiary/aromatic N) is 2. The topological polar surface area (TPSA) is 70.5 Å². The Labute approximate surface area is 167 Å². The van der Waals surface area contributed by atoms with Crippen molar-refractivity contribution in [1.82, 2.24) is 4.98 Å². The molecule has 5 nitrogen and oxygen atoms in total. The van der Waals surface area contributed by atoms with E-state index in [1.165, 1.54) is 36.2 Å². The Kier molecular flexibility index (Phi) is 5.87. The van der Waals surface area contributed by atoms with Crippen LogP contribution in [0, 0.1) is 0 Å². The average molecular weight is 398 g/mol. The number of allylic oxidation sites excluding steroid dienone is 2. The van der Waals surface area contributed by atoms with E-state index in [4.69, 9.17) is 0 Å². The van der Waals surface area contributed by atoms with Gasteiger partial charge >= 0.3 is 5.97 Å². The molecule has 0 aliphatic carbocycles. The van der Waals surface area contributed by atoms with Gasteiger partial charge in [-0.1, -0.05) is 37.3 Å². The summed E-state index contributed by atoms with van der Waals surface area (Å²) in [7, 11) is 0.